The molecule has 0 bridgehead atoms. The average molecular weight is 378 g/mol. The summed E-state index contributed by atoms with van der Waals surface area (Å²) in [6.45, 7) is 0.490. The summed E-state index contributed by atoms with van der Waals surface area (Å²) >= 11 is 0. The molecule has 1 heterocycles. The first-order valence-electron chi connectivity index (χ1n) is 10.1. The maximum atomic E-state index is 12.4. The lowest BCUT2D eigenvalue weighted by Crippen LogP contribution is -2.30. The van der Waals surface area contributed by atoms with Crippen molar-refractivity contribution < 1.29 is 9.59 Å². The summed E-state index contributed by atoms with van der Waals surface area (Å²) in [6, 6.07) is 5.85. The molecule has 0 spiro atoms. The van der Waals surface area contributed by atoms with Gasteiger partial charge in [0.25, 0.3) is 0 Å². The van der Waals surface area contributed by atoms with E-state index >= 15 is 0 Å². The second kappa shape index (κ2) is 8.42. The molecule has 1 aromatic carbocycles. The van der Waals surface area contributed by atoms with Crippen molar-refractivity contribution in [2.75, 3.05) is 5.32 Å². The normalized spacial score (nSPS) is 21.6. The van der Waals surface area contributed by atoms with Crippen LogP contribution in [0.2, 0.25) is 0 Å². The van der Waals surface area contributed by atoms with E-state index in [9.17, 15) is 9.59 Å². The number of hydrogen-bond acceptors (Lipinski definition) is 3. The number of hydrogen-bond donors (Lipinski definition) is 3. The van der Waals surface area contributed by atoms with Crippen LogP contribution in [0.4, 0.5) is 5.95 Å². The highest BCUT2D eigenvalue weighted by molar-refractivity contribution is 5.93. The number of nitrogens with zero attached hydrogens (tertiary/aromatic N) is 1. The molecule has 0 aliphatic heterocycles. The highest BCUT2D eigenvalue weighted by Crippen LogP contribution is 2.22. The maximum absolute atomic E-state index is 12.4. The molecule has 6 nitrogen and oxygen atoms in total. The van der Waals surface area contributed by atoms with E-state index < -0.39 is 0 Å². The fourth-order valence-corrected chi connectivity index (χ4v) is 3.84. The molecule has 2 aromatic rings. The number of nitrogens with one attached hydrogen (secondary N) is 3. The van der Waals surface area contributed by atoms with Crippen molar-refractivity contribution in [2.45, 2.75) is 45.1 Å². The topological polar surface area (TPSA) is 86.9 Å². The van der Waals surface area contributed by atoms with Gasteiger partial charge in [-0.05, 0) is 56.2 Å². The Balaban J connectivity index is 1.37. The standard InChI is InChI=1S/C22H26N4O2/c27-20(16-7-3-1-4-8-16)23-14-15-11-12-18-19(13-15)25-22(24-18)26-21(28)17-9-5-2-6-10-17/h1-3,5,11-13,16-17H,4,6-10,14H2,(H,23,27)(H2,24,25,26,28)/t16-,17-/m1/s1. The molecule has 28 heavy (non-hydrogen) atoms. The van der Waals surface area contributed by atoms with E-state index in [2.05, 4.69) is 44.9 Å². The van der Waals surface area contributed by atoms with Crippen LogP contribution >= 0.6 is 0 Å². The Morgan fingerprint density at radius 1 is 1.00 bits per heavy atom. The van der Waals surface area contributed by atoms with Crippen molar-refractivity contribution in [1.82, 2.24) is 15.3 Å². The van der Waals surface area contributed by atoms with Gasteiger partial charge in [0.2, 0.25) is 17.8 Å². The molecule has 146 valence electrons. The van der Waals surface area contributed by atoms with Crippen LogP contribution in [0.25, 0.3) is 11.0 Å². The van der Waals surface area contributed by atoms with E-state index in [1.807, 2.05) is 18.2 Å². The molecule has 4 rings (SSSR count). The smallest absolute Gasteiger partial charge is 0.230 e. The molecule has 1 aromatic heterocycles. The van der Waals surface area contributed by atoms with E-state index in [4.69, 9.17) is 0 Å². The molecule has 0 saturated carbocycles. The number of anilines is 1. The Kier molecular flexibility index (Phi) is 5.55. The Morgan fingerprint density at radius 2 is 1.71 bits per heavy atom. The number of aromatic amines is 1. The third-order valence-corrected chi connectivity index (χ3v) is 5.53. The lowest BCUT2D eigenvalue weighted by atomic mass is 9.93. The number of benzene rings is 1. The third-order valence-electron chi connectivity index (χ3n) is 5.53. The van der Waals surface area contributed by atoms with E-state index in [-0.39, 0.29) is 23.7 Å². The lowest BCUT2D eigenvalue weighted by molar-refractivity contribution is -0.125. The number of imidazole rings is 1. The summed E-state index contributed by atoms with van der Waals surface area (Å²) in [4.78, 5) is 32.3. The summed E-state index contributed by atoms with van der Waals surface area (Å²) < 4.78 is 0. The van der Waals surface area contributed by atoms with Crippen molar-refractivity contribution in [3.8, 4) is 0 Å². The van der Waals surface area contributed by atoms with Crippen LogP contribution < -0.4 is 10.6 Å². The Bertz CT molecular complexity index is 928. The molecule has 0 saturated heterocycles. The van der Waals surface area contributed by atoms with Crippen molar-refractivity contribution in [3.63, 3.8) is 0 Å². The van der Waals surface area contributed by atoms with Crippen LogP contribution in [0.5, 0.6) is 0 Å². The highest BCUT2D eigenvalue weighted by atomic mass is 16.2. The summed E-state index contributed by atoms with van der Waals surface area (Å²) in [6.07, 6.45) is 13.7. The molecule has 0 radical (unpaired) electrons. The average Bonchev–Trinajstić information content (AvgIpc) is 3.14. The van der Waals surface area contributed by atoms with Crippen LogP contribution in [-0.4, -0.2) is 21.8 Å². The van der Waals surface area contributed by atoms with E-state index in [0.29, 0.717) is 12.5 Å². The first kappa shape index (κ1) is 18.5. The summed E-state index contributed by atoms with van der Waals surface area (Å²) in [7, 11) is 0. The predicted molar refractivity (Wildman–Crippen MR) is 110 cm³/mol. The van der Waals surface area contributed by atoms with Crippen LogP contribution in [0.1, 0.15) is 44.1 Å². The number of amides is 2. The number of rotatable bonds is 5. The van der Waals surface area contributed by atoms with Crippen LogP contribution in [0.15, 0.2) is 42.5 Å². The number of H-pyrrole nitrogens is 1. The monoisotopic (exact) mass is 378 g/mol. The third kappa shape index (κ3) is 4.32. The fraction of sp³-hybridized carbons (Fsp3) is 0.409. The van der Waals surface area contributed by atoms with Crippen LogP contribution in [0.3, 0.4) is 0 Å². The second-order valence-corrected chi connectivity index (χ2v) is 7.61. The van der Waals surface area contributed by atoms with E-state index in [1.54, 1.807) is 0 Å². The van der Waals surface area contributed by atoms with Crippen LogP contribution in [-0.2, 0) is 16.1 Å². The molecule has 6 heteroatoms. The highest BCUT2D eigenvalue weighted by Gasteiger charge is 2.20. The van der Waals surface area contributed by atoms with Gasteiger partial charge in [-0.3, -0.25) is 14.9 Å². The van der Waals surface area contributed by atoms with E-state index in [0.717, 1.165) is 55.1 Å². The number of aromatic nitrogens is 2. The molecule has 0 fully saturated rings. The van der Waals surface area contributed by atoms with Crippen LogP contribution in [0, 0.1) is 11.8 Å². The Morgan fingerprint density at radius 3 is 2.39 bits per heavy atom. The van der Waals surface area contributed by atoms with Gasteiger partial charge in [0.15, 0.2) is 0 Å². The minimum Gasteiger partial charge on any atom is -0.352 e. The molecule has 2 aliphatic rings. The predicted octanol–water partition coefficient (Wildman–Crippen LogP) is 3.83. The molecular formula is C22H26N4O2. The summed E-state index contributed by atoms with van der Waals surface area (Å²) in [5.74, 6) is 0.696. The first-order valence-corrected chi connectivity index (χ1v) is 10.1. The lowest BCUT2D eigenvalue weighted by Gasteiger charge is -2.17. The van der Waals surface area contributed by atoms with Gasteiger partial charge >= 0.3 is 0 Å². The Labute approximate surface area is 164 Å². The quantitative estimate of drug-likeness (QED) is 0.691. The zero-order valence-corrected chi connectivity index (χ0v) is 15.9. The van der Waals surface area contributed by atoms with Gasteiger partial charge in [-0.25, -0.2) is 4.98 Å². The van der Waals surface area contributed by atoms with Crippen molar-refractivity contribution >= 4 is 28.8 Å². The maximum Gasteiger partial charge on any atom is 0.230 e. The Hall–Kier alpha value is -2.89. The molecule has 0 unspecified atom stereocenters. The van der Waals surface area contributed by atoms with Gasteiger partial charge in [0.1, 0.15) is 0 Å². The molecule has 3 N–H and O–H groups in total. The second-order valence-electron chi connectivity index (χ2n) is 7.61. The van der Waals surface area contributed by atoms with Crippen molar-refractivity contribution in [3.05, 3.63) is 48.1 Å². The van der Waals surface area contributed by atoms with Gasteiger partial charge in [0.05, 0.1) is 11.0 Å². The zero-order valence-electron chi connectivity index (χ0n) is 15.9. The number of carbonyl (C=O) groups excluding carboxylic acids is 2. The fourth-order valence-electron chi connectivity index (χ4n) is 3.84. The number of allylic oxidation sites excluding steroid dienone is 4. The van der Waals surface area contributed by atoms with Gasteiger partial charge in [-0.2, -0.15) is 0 Å². The summed E-state index contributed by atoms with van der Waals surface area (Å²) in [5.41, 5.74) is 2.66. The van der Waals surface area contributed by atoms with Gasteiger partial charge < -0.3 is 10.3 Å². The molecular weight excluding hydrogens is 352 g/mol. The van der Waals surface area contributed by atoms with Gasteiger partial charge in [-0.15, -0.1) is 0 Å². The first-order chi connectivity index (χ1) is 13.7. The number of fused-ring (bicyclic) bond motifs is 1. The van der Waals surface area contributed by atoms with Gasteiger partial charge in [0, 0.05) is 18.4 Å². The van der Waals surface area contributed by atoms with Crippen molar-refractivity contribution in [2.24, 2.45) is 11.8 Å². The largest absolute Gasteiger partial charge is 0.352 e. The SMILES string of the molecule is O=C(NCc1ccc2nc(NC(=O)[C@@H]3CC=CCC3)[nH]c2c1)[C@@H]1CC=CCC1. The number of carbonyl (C=O) groups is 2. The van der Waals surface area contributed by atoms with Gasteiger partial charge in [-0.1, -0.05) is 30.4 Å². The summed E-state index contributed by atoms with van der Waals surface area (Å²) in [5, 5.41) is 5.93. The molecule has 2 atom stereocenters. The van der Waals surface area contributed by atoms with E-state index in [1.165, 1.54) is 0 Å². The minimum atomic E-state index is 0.0115. The zero-order chi connectivity index (χ0) is 19.3. The molecule has 2 aliphatic carbocycles. The minimum absolute atomic E-state index is 0.0115. The molecule has 2 amide bonds. The van der Waals surface area contributed by atoms with Crippen molar-refractivity contribution in [1.29, 1.82) is 0 Å².